The lowest BCUT2D eigenvalue weighted by molar-refractivity contribution is 0.0696. The fourth-order valence-corrected chi connectivity index (χ4v) is 4.58. The Balaban J connectivity index is 1.57. The predicted octanol–water partition coefficient (Wildman–Crippen LogP) is 3.74. The van der Waals surface area contributed by atoms with Crippen LogP contribution in [0.5, 0.6) is 0 Å². The van der Waals surface area contributed by atoms with Gasteiger partial charge in [-0.15, -0.1) is 0 Å². The van der Waals surface area contributed by atoms with Crippen LogP contribution in [-0.4, -0.2) is 37.7 Å². The minimum absolute atomic E-state index is 0.0585. The van der Waals surface area contributed by atoms with E-state index < -0.39 is 21.9 Å². The third-order valence-electron chi connectivity index (χ3n) is 4.79. The van der Waals surface area contributed by atoms with Gasteiger partial charge < -0.3 is 15.5 Å². The number of hydrogen-bond donors (Lipinski definition) is 3. The molecule has 0 aromatic heterocycles. The van der Waals surface area contributed by atoms with E-state index in [1.165, 1.54) is 30.3 Å². The van der Waals surface area contributed by atoms with Crippen molar-refractivity contribution in [1.29, 1.82) is 0 Å². The molecule has 0 unspecified atom stereocenters. The average Bonchev–Trinajstić information content (AvgIpc) is 2.77. The maximum absolute atomic E-state index is 12.8. The molecule has 0 spiro atoms. The summed E-state index contributed by atoms with van der Waals surface area (Å²) in [6, 6.07) is 18.8. The van der Waals surface area contributed by atoms with E-state index in [0.29, 0.717) is 24.5 Å². The molecule has 162 valence electrons. The number of carbonyl (C=O) groups is 1. The monoisotopic (exact) mass is 459 g/mol. The Morgan fingerprint density at radius 1 is 0.968 bits per heavy atom. The topological polar surface area (TPSA) is 104 Å². The molecule has 3 rings (SSSR count). The van der Waals surface area contributed by atoms with Gasteiger partial charge >= 0.3 is 5.97 Å². The van der Waals surface area contributed by atoms with E-state index in [9.17, 15) is 18.3 Å². The zero-order valence-corrected chi connectivity index (χ0v) is 18.1. The summed E-state index contributed by atoms with van der Waals surface area (Å²) >= 11 is 5.94. The highest BCUT2D eigenvalue weighted by Gasteiger charge is 2.19. The number of halogens is 1. The van der Waals surface area contributed by atoms with Gasteiger partial charge in [0.25, 0.3) is 0 Å². The molecular weight excluding hydrogens is 438 g/mol. The molecule has 0 aliphatic carbocycles. The summed E-state index contributed by atoms with van der Waals surface area (Å²) in [4.78, 5) is 11.1. The van der Waals surface area contributed by atoms with E-state index in [0.717, 1.165) is 17.2 Å². The molecule has 0 aliphatic heterocycles. The number of benzene rings is 3. The Kier molecular flexibility index (Phi) is 7.46. The number of carboxylic acid groups (broad SMARTS) is 1. The van der Waals surface area contributed by atoms with Crippen molar-refractivity contribution < 1.29 is 23.4 Å². The molecule has 6 nitrogen and oxygen atoms in total. The highest BCUT2D eigenvalue weighted by atomic mass is 35.5. The largest absolute Gasteiger partial charge is 0.478 e. The molecular formula is C23H22ClNO5S. The first-order chi connectivity index (χ1) is 14.8. The van der Waals surface area contributed by atoms with Gasteiger partial charge in [0.2, 0.25) is 9.84 Å². The Morgan fingerprint density at radius 2 is 1.68 bits per heavy atom. The Morgan fingerprint density at radius 3 is 2.35 bits per heavy atom. The van der Waals surface area contributed by atoms with Crippen molar-refractivity contribution in [2.75, 3.05) is 13.1 Å². The molecule has 0 heterocycles. The molecule has 0 saturated carbocycles. The second-order valence-corrected chi connectivity index (χ2v) is 9.39. The minimum Gasteiger partial charge on any atom is -0.478 e. The van der Waals surface area contributed by atoms with Gasteiger partial charge in [-0.1, -0.05) is 41.9 Å². The number of hydrogen-bond acceptors (Lipinski definition) is 5. The Labute approximate surface area is 186 Å². The number of sulfone groups is 1. The van der Waals surface area contributed by atoms with Crippen molar-refractivity contribution in [1.82, 2.24) is 5.32 Å². The van der Waals surface area contributed by atoms with E-state index in [4.69, 9.17) is 16.7 Å². The van der Waals surface area contributed by atoms with Crippen molar-refractivity contribution in [3.63, 3.8) is 0 Å². The molecule has 0 radical (unpaired) electrons. The van der Waals surface area contributed by atoms with Crippen molar-refractivity contribution in [2.24, 2.45) is 0 Å². The molecule has 0 amide bonds. The maximum atomic E-state index is 12.8. The standard InChI is InChI=1S/C23H22ClNO5S/c24-19-5-1-3-17(13-19)22(26)15-25-12-11-16-7-9-20(10-8-16)31(29,30)21-6-2-4-18(14-21)23(27)28/h1-10,13-14,22,25-26H,11-12,15H2,(H,27,28)/t22-/m1/s1. The van der Waals surface area contributed by atoms with Gasteiger partial charge in [0.05, 0.1) is 21.5 Å². The Hall–Kier alpha value is -2.71. The molecule has 0 aliphatic rings. The van der Waals surface area contributed by atoms with E-state index in [1.807, 2.05) is 6.07 Å². The van der Waals surface area contributed by atoms with Crippen molar-refractivity contribution >= 4 is 27.4 Å². The molecule has 31 heavy (non-hydrogen) atoms. The second kappa shape index (κ2) is 10.1. The molecule has 0 saturated heterocycles. The van der Waals surface area contributed by atoms with Crippen LogP contribution in [0.25, 0.3) is 0 Å². The summed E-state index contributed by atoms with van der Waals surface area (Å²) in [5, 5.41) is 23.0. The first-order valence-corrected chi connectivity index (χ1v) is 11.4. The van der Waals surface area contributed by atoms with E-state index >= 15 is 0 Å². The van der Waals surface area contributed by atoms with E-state index in [1.54, 1.807) is 30.3 Å². The van der Waals surface area contributed by atoms with Crippen LogP contribution in [0.4, 0.5) is 0 Å². The van der Waals surface area contributed by atoms with Gasteiger partial charge in [-0.25, -0.2) is 13.2 Å². The summed E-state index contributed by atoms with van der Waals surface area (Å²) in [5.74, 6) is -1.18. The summed E-state index contributed by atoms with van der Waals surface area (Å²) in [5.41, 5.74) is 1.59. The second-order valence-electron chi connectivity index (χ2n) is 7.01. The van der Waals surface area contributed by atoms with Crippen LogP contribution in [0.15, 0.2) is 82.6 Å². The van der Waals surface area contributed by atoms with Crippen molar-refractivity contribution in [3.05, 3.63) is 94.5 Å². The number of rotatable bonds is 9. The van der Waals surface area contributed by atoms with Crippen LogP contribution < -0.4 is 5.32 Å². The predicted molar refractivity (Wildman–Crippen MR) is 118 cm³/mol. The van der Waals surface area contributed by atoms with Crippen LogP contribution >= 0.6 is 11.6 Å². The van der Waals surface area contributed by atoms with E-state index in [-0.39, 0.29) is 15.4 Å². The highest BCUT2D eigenvalue weighted by molar-refractivity contribution is 7.91. The number of aromatic carboxylic acids is 1. The fraction of sp³-hybridized carbons (Fsp3) is 0.174. The van der Waals surface area contributed by atoms with Gasteiger partial charge in [0, 0.05) is 11.6 Å². The molecule has 3 aromatic rings. The number of aliphatic hydroxyl groups excluding tert-OH is 1. The number of aliphatic hydroxyl groups is 1. The molecule has 1 atom stereocenters. The van der Waals surface area contributed by atoms with Gasteiger partial charge in [-0.2, -0.15) is 0 Å². The number of nitrogens with one attached hydrogen (secondary N) is 1. The van der Waals surface area contributed by atoms with Crippen LogP contribution in [0.2, 0.25) is 5.02 Å². The molecule has 0 bridgehead atoms. The maximum Gasteiger partial charge on any atom is 0.335 e. The molecule has 0 fully saturated rings. The van der Waals surface area contributed by atoms with Gasteiger partial charge in [-0.3, -0.25) is 0 Å². The third-order valence-corrected chi connectivity index (χ3v) is 6.79. The zero-order valence-electron chi connectivity index (χ0n) is 16.5. The van der Waals surface area contributed by atoms with Crippen molar-refractivity contribution in [2.45, 2.75) is 22.3 Å². The molecule has 3 N–H and O–H groups in total. The quantitative estimate of drug-likeness (QED) is 0.421. The first kappa shape index (κ1) is 23.0. The normalized spacial score (nSPS) is 12.5. The summed E-state index contributed by atoms with van der Waals surface area (Å²) in [6.45, 7) is 0.969. The van der Waals surface area contributed by atoms with Gasteiger partial charge in [-0.05, 0) is 66.6 Å². The van der Waals surface area contributed by atoms with Crippen LogP contribution in [-0.2, 0) is 16.3 Å². The lowest BCUT2D eigenvalue weighted by Gasteiger charge is -2.13. The molecule has 3 aromatic carbocycles. The first-order valence-electron chi connectivity index (χ1n) is 9.59. The Bertz CT molecular complexity index is 1160. The fourth-order valence-electron chi connectivity index (χ4n) is 3.07. The summed E-state index contributed by atoms with van der Waals surface area (Å²) < 4.78 is 25.5. The van der Waals surface area contributed by atoms with Crippen LogP contribution in [0.1, 0.15) is 27.6 Å². The van der Waals surface area contributed by atoms with Gasteiger partial charge in [0.15, 0.2) is 0 Å². The smallest absolute Gasteiger partial charge is 0.335 e. The summed E-state index contributed by atoms with van der Waals surface area (Å²) in [7, 11) is -3.81. The third kappa shape index (κ3) is 5.92. The van der Waals surface area contributed by atoms with Crippen molar-refractivity contribution in [3.8, 4) is 0 Å². The molecule has 8 heteroatoms. The van der Waals surface area contributed by atoms with Crippen LogP contribution in [0, 0.1) is 0 Å². The lowest BCUT2D eigenvalue weighted by Crippen LogP contribution is -2.23. The van der Waals surface area contributed by atoms with E-state index in [2.05, 4.69) is 5.32 Å². The highest BCUT2D eigenvalue weighted by Crippen LogP contribution is 2.22. The SMILES string of the molecule is O=C(O)c1cccc(S(=O)(=O)c2ccc(CCNC[C@@H](O)c3cccc(Cl)c3)cc2)c1. The average molecular weight is 460 g/mol. The van der Waals surface area contributed by atoms with Crippen LogP contribution in [0.3, 0.4) is 0 Å². The van der Waals surface area contributed by atoms with Gasteiger partial charge in [0.1, 0.15) is 0 Å². The zero-order chi connectivity index (χ0) is 22.4. The number of carboxylic acids is 1. The lowest BCUT2D eigenvalue weighted by atomic mass is 10.1. The summed E-state index contributed by atoms with van der Waals surface area (Å²) in [6.07, 6.45) is -0.0235. The minimum atomic E-state index is -3.81.